The molecule has 0 fully saturated rings. The summed E-state index contributed by atoms with van der Waals surface area (Å²) in [6.45, 7) is 7.13. The van der Waals surface area contributed by atoms with Gasteiger partial charge in [-0.1, -0.05) is 285 Å². The van der Waals surface area contributed by atoms with Crippen LogP contribution >= 0.6 is 15.6 Å². The molecule has 19 heteroatoms. The zero-order chi connectivity index (χ0) is 62.8. The first-order valence-electron chi connectivity index (χ1n) is 34.6. The van der Waals surface area contributed by atoms with Crippen LogP contribution in [-0.2, 0) is 65.4 Å². The van der Waals surface area contributed by atoms with E-state index in [1.165, 1.54) is 154 Å². The first-order chi connectivity index (χ1) is 41.0. The average Bonchev–Trinajstić information content (AvgIpc) is 3.58. The van der Waals surface area contributed by atoms with Crippen LogP contribution in [0.15, 0.2) is 0 Å². The number of hydrogen-bond donors (Lipinski definition) is 3. The van der Waals surface area contributed by atoms with E-state index in [0.717, 1.165) is 102 Å². The van der Waals surface area contributed by atoms with Crippen LogP contribution in [-0.4, -0.2) is 96.7 Å². The average molecular weight is 1260 g/mol. The Kier molecular flexibility index (Phi) is 58.3. The predicted octanol–water partition coefficient (Wildman–Crippen LogP) is 18.6. The van der Waals surface area contributed by atoms with Crippen LogP contribution in [0.3, 0.4) is 0 Å². The van der Waals surface area contributed by atoms with Gasteiger partial charge in [-0.3, -0.25) is 37.3 Å². The quantitative estimate of drug-likeness (QED) is 0.0222. The normalized spacial score (nSPS) is 14.2. The summed E-state index contributed by atoms with van der Waals surface area (Å²) < 4.78 is 67.9. The lowest BCUT2D eigenvalue weighted by Gasteiger charge is -2.21. The molecular weight excluding hydrogens is 1130 g/mol. The van der Waals surface area contributed by atoms with Crippen LogP contribution in [0.4, 0.5) is 0 Å². The molecule has 0 amide bonds. The number of hydrogen-bond acceptors (Lipinski definition) is 15. The second-order valence-electron chi connectivity index (χ2n) is 24.3. The van der Waals surface area contributed by atoms with E-state index >= 15 is 0 Å². The Labute approximate surface area is 517 Å². The third-order valence-electron chi connectivity index (χ3n) is 15.3. The number of rotatable bonds is 66. The first kappa shape index (κ1) is 83.1. The maximum Gasteiger partial charge on any atom is 0.472 e. The predicted molar refractivity (Wildman–Crippen MR) is 340 cm³/mol. The van der Waals surface area contributed by atoms with Crippen molar-refractivity contribution in [3.8, 4) is 0 Å². The molecule has 0 radical (unpaired) electrons. The lowest BCUT2D eigenvalue weighted by Crippen LogP contribution is -2.30. The molecular formula is C66H128O17P2. The Hall–Kier alpha value is -1.94. The van der Waals surface area contributed by atoms with Crippen molar-refractivity contribution in [1.29, 1.82) is 0 Å². The van der Waals surface area contributed by atoms with Crippen LogP contribution in [0.1, 0.15) is 336 Å². The second kappa shape index (κ2) is 59.7. The van der Waals surface area contributed by atoms with E-state index in [1.807, 2.05) is 0 Å². The molecule has 0 aromatic rings. The highest BCUT2D eigenvalue weighted by Gasteiger charge is 2.30. The van der Waals surface area contributed by atoms with Crippen molar-refractivity contribution in [3.63, 3.8) is 0 Å². The Morgan fingerprint density at radius 3 is 0.800 bits per heavy atom. The number of carbonyl (C=O) groups excluding carboxylic acids is 4. The zero-order valence-corrected chi connectivity index (χ0v) is 56.5. The Bertz CT molecular complexity index is 1650. The van der Waals surface area contributed by atoms with Crippen LogP contribution in [0.5, 0.6) is 0 Å². The molecule has 0 aromatic heterocycles. The topological polar surface area (TPSA) is 237 Å². The second-order valence-corrected chi connectivity index (χ2v) is 27.2. The third-order valence-corrected chi connectivity index (χ3v) is 17.2. The maximum absolute atomic E-state index is 13.0. The highest BCUT2D eigenvalue weighted by Crippen LogP contribution is 2.45. The highest BCUT2D eigenvalue weighted by atomic mass is 31.2. The van der Waals surface area contributed by atoms with Crippen molar-refractivity contribution in [1.82, 2.24) is 0 Å². The molecule has 0 aliphatic rings. The lowest BCUT2D eigenvalue weighted by atomic mass is 10.0. The number of esters is 4. The molecule has 0 aromatic carbocycles. The van der Waals surface area contributed by atoms with Crippen molar-refractivity contribution in [2.75, 3.05) is 39.6 Å². The summed E-state index contributed by atoms with van der Waals surface area (Å²) in [4.78, 5) is 72.1. The Morgan fingerprint density at radius 1 is 0.318 bits per heavy atom. The lowest BCUT2D eigenvalue weighted by molar-refractivity contribution is -0.161. The van der Waals surface area contributed by atoms with Gasteiger partial charge in [0.2, 0.25) is 0 Å². The summed E-state index contributed by atoms with van der Waals surface area (Å²) >= 11 is 0. The number of phosphoric acid groups is 2. The number of aliphatic hydroxyl groups excluding tert-OH is 1. The van der Waals surface area contributed by atoms with Crippen molar-refractivity contribution >= 4 is 39.5 Å². The SMILES string of the molecule is CCCCCCCCCCCCCCCCCC(=O)OC[C@H](COP(=O)(O)OC[C@@H](O)COP(=O)(O)OC[C@@H](COC(=O)CCCCCCC)OC(=O)CCCCCCCCCCCC)OC(=O)CCCCCCCCCCCCCCC(C)C. The number of carbonyl (C=O) groups is 4. The minimum atomic E-state index is -4.95. The van der Waals surface area contributed by atoms with E-state index < -0.39 is 97.5 Å². The molecule has 0 aliphatic carbocycles. The molecule has 0 saturated heterocycles. The van der Waals surface area contributed by atoms with E-state index in [9.17, 15) is 43.2 Å². The molecule has 0 rings (SSSR count). The fourth-order valence-electron chi connectivity index (χ4n) is 9.94. The number of ether oxygens (including phenoxy) is 4. The molecule has 0 heterocycles. The van der Waals surface area contributed by atoms with Crippen LogP contribution in [0.25, 0.3) is 0 Å². The van der Waals surface area contributed by atoms with E-state index in [0.29, 0.717) is 25.7 Å². The summed E-state index contributed by atoms with van der Waals surface area (Å²) in [5.41, 5.74) is 0. The molecule has 5 atom stereocenters. The smallest absolute Gasteiger partial charge is 0.462 e. The molecule has 0 bridgehead atoms. The number of phosphoric ester groups is 2. The maximum atomic E-state index is 13.0. The van der Waals surface area contributed by atoms with Gasteiger partial charge in [0.25, 0.3) is 0 Å². The first-order valence-corrected chi connectivity index (χ1v) is 37.6. The fraction of sp³-hybridized carbons (Fsp3) is 0.939. The van der Waals surface area contributed by atoms with Gasteiger partial charge >= 0.3 is 39.5 Å². The van der Waals surface area contributed by atoms with Crippen molar-refractivity contribution < 1.29 is 80.2 Å². The molecule has 17 nitrogen and oxygen atoms in total. The molecule has 504 valence electrons. The fourth-order valence-corrected chi connectivity index (χ4v) is 11.5. The van der Waals surface area contributed by atoms with Gasteiger partial charge in [-0.25, -0.2) is 9.13 Å². The van der Waals surface area contributed by atoms with Crippen molar-refractivity contribution in [2.24, 2.45) is 5.92 Å². The monoisotopic (exact) mass is 1250 g/mol. The van der Waals surface area contributed by atoms with Gasteiger partial charge in [-0.2, -0.15) is 0 Å². The summed E-state index contributed by atoms with van der Waals surface area (Å²) in [6.07, 6.45) is 44.7. The minimum absolute atomic E-state index is 0.106. The van der Waals surface area contributed by atoms with E-state index in [1.54, 1.807) is 0 Å². The molecule has 0 aliphatic heterocycles. The van der Waals surface area contributed by atoms with E-state index in [2.05, 4.69) is 34.6 Å². The van der Waals surface area contributed by atoms with Crippen LogP contribution in [0, 0.1) is 5.92 Å². The van der Waals surface area contributed by atoms with Crippen LogP contribution < -0.4 is 0 Å². The van der Waals surface area contributed by atoms with Gasteiger partial charge in [0.1, 0.15) is 19.3 Å². The molecule has 0 saturated carbocycles. The standard InChI is InChI=1S/C66H128O17P2/c1-6-9-12-15-17-19-21-22-23-24-28-32-35-40-45-50-64(69)77-56-62(83-66(71)52-47-42-37-33-29-26-25-27-30-34-39-43-48-59(4)5)58-81-85(74,75)79-54-60(67)53-78-84(72,73)80-57-61(55-76-63(68)49-44-38-14-11-8-3)82-65(70)51-46-41-36-31-20-18-16-13-10-7-2/h59-62,67H,6-58H2,1-5H3,(H,72,73)(H,74,75)/t60-,61+,62+/m0/s1. The molecule has 2 unspecified atom stereocenters. The Morgan fingerprint density at radius 2 is 0.541 bits per heavy atom. The van der Waals surface area contributed by atoms with Gasteiger partial charge in [-0.15, -0.1) is 0 Å². The zero-order valence-electron chi connectivity index (χ0n) is 54.7. The van der Waals surface area contributed by atoms with Gasteiger partial charge in [0.15, 0.2) is 12.2 Å². The summed E-state index contributed by atoms with van der Waals surface area (Å²) in [5, 5.41) is 10.5. The summed E-state index contributed by atoms with van der Waals surface area (Å²) in [5.74, 6) is -1.36. The highest BCUT2D eigenvalue weighted by molar-refractivity contribution is 7.47. The summed E-state index contributed by atoms with van der Waals surface area (Å²) in [7, 11) is -9.88. The van der Waals surface area contributed by atoms with Gasteiger partial charge in [0, 0.05) is 25.7 Å². The molecule has 0 spiro atoms. The molecule has 85 heavy (non-hydrogen) atoms. The van der Waals surface area contributed by atoms with Crippen molar-refractivity contribution in [3.05, 3.63) is 0 Å². The van der Waals surface area contributed by atoms with Gasteiger partial charge in [-0.05, 0) is 31.6 Å². The minimum Gasteiger partial charge on any atom is -0.462 e. The summed E-state index contributed by atoms with van der Waals surface area (Å²) in [6, 6.07) is 0. The van der Waals surface area contributed by atoms with Gasteiger partial charge in [0.05, 0.1) is 26.4 Å². The number of aliphatic hydroxyl groups is 1. The van der Waals surface area contributed by atoms with Gasteiger partial charge < -0.3 is 33.8 Å². The van der Waals surface area contributed by atoms with E-state index in [4.69, 9.17) is 37.0 Å². The Balaban J connectivity index is 5.16. The number of unbranched alkanes of at least 4 members (excludes halogenated alkanes) is 38. The van der Waals surface area contributed by atoms with Crippen LogP contribution in [0.2, 0.25) is 0 Å². The third kappa shape index (κ3) is 60.7. The van der Waals surface area contributed by atoms with E-state index in [-0.39, 0.29) is 25.7 Å². The van der Waals surface area contributed by atoms with Crippen molar-refractivity contribution in [2.45, 2.75) is 355 Å². The largest absolute Gasteiger partial charge is 0.472 e. The molecule has 3 N–H and O–H groups in total.